The second kappa shape index (κ2) is 6.04. The van der Waals surface area contributed by atoms with Gasteiger partial charge in [0.1, 0.15) is 23.4 Å². The summed E-state index contributed by atoms with van der Waals surface area (Å²) in [4.78, 5) is 0. The van der Waals surface area contributed by atoms with Crippen molar-refractivity contribution in [3.63, 3.8) is 0 Å². The van der Waals surface area contributed by atoms with Crippen LogP contribution < -0.4 is 4.74 Å². The Labute approximate surface area is 142 Å². The van der Waals surface area contributed by atoms with Crippen LogP contribution in [0.2, 0.25) is 0 Å². The lowest BCUT2D eigenvalue weighted by atomic mass is 9.80. The number of rotatable bonds is 3. The highest BCUT2D eigenvalue weighted by Crippen LogP contribution is 2.56. The SMILES string of the molecule is CCCC1CC2c3cc(O)ccc3OC(c3ccc(O)cc3)C2C1. The van der Waals surface area contributed by atoms with E-state index < -0.39 is 0 Å². The van der Waals surface area contributed by atoms with Crippen LogP contribution in [0.1, 0.15) is 55.8 Å². The van der Waals surface area contributed by atoms with E-state index in [2.05, 4.69) is 6.92 Å². The average molecular weight is 324 g/mol. The normalized spacial score (nSPS) is 28.0. The maximum Gasteiger partial charge on any atom is 0.127 e. The molecular formula is C21H24O3. The van der Waals surface area contributed by atoms with Gasteiger partial charge in [-0.2, -0.15) is 0 Å². The molecule has 2 aromatic carbocycles. The third kappa shape index (κ3) is 2.62. The van der Waals surface area contributed by atoms with Gasteiger partial charge in [-0.3, -0.25) is 0 Å². The number of aromatic hydroxyl groups is 2. The molecule has 1 saturated carbocycles. The van der Waals surface area contributed by atoms with E-state index >= 15 is 0 Å². The first-order valence-electron chi connectivity index (χ1n) is 8.94. The molecule has 126 valence electrons. The molecule has 3 nitrogen and oxygen atoms in total. The number of benzene rings is 2. The first-order chi connectivity index (χ1) is 11.7. The molecule has 0 amide bonds. The molecule has 2 aliphatic rings. The number of fused-ring (bicyclic) bond motifs is 3. The summed E-state index contributed by atoms with van der Waals surface area (Å²) in [6, 6.07) is 12.9. The lowest BCUT2D eigenvalue weighted by Crippen LogP contribution is -2.26. The van der Waals surface area contributed by atoms with E-state index in [-0.39, 0.29) is 11.9 Å². The van der Waals surface area contributed by atoms with Crippen LogP contribution in [-0.2, 0) is 0 Å². The van der Waals surface area contributed by atoms with Crippen molar-refractivity contribution in [3.8, 4) is 17.2 Å². The second-order valence-corrected chi connectivity index (χ2v) is 7.25. The van der Waals surface area contributed by atoms with Crippen LogP contribution >= 0.6 is 0 Å². The maximum absolute atomic E-state index is 9.91. The monoisotopic (exact) mass is 324 g/mol. The van der Waals surface area contributed by atoms with E-state index in [1.807, 2.05) is 24.3 Å². The van der Waals surface area contributed by atoms with Gasteiger partial charge in [0, 0.05) is 11.5 Å². The lowest BCUT2D eigenvalue weighted by Gasteiger charge is -2.36. The van der Waals surface area contributed by atoms with Crippen LogP contribution in [0.3, 0.4) is 0 Å². The first kappa shape index (κ1) is 15.4. The van der Waals surface area contributed by atoms with Crippen molar-refractivity contribution in [3.05, 3.63) is 53.6 Å². The number of hydrogen-bond donors (Lipinski definition) is 2. The topological polar surface area (TPSA) is 49.7 Å². The number of phenols is 2. The summed E-state index contributed by atoms with van der Waals surface area (Å²) in [5, 5.41) is 19.5. The molecule has 1 fully saturated rings. The van der Waals surface area contributed by atoms with Gasteiger partial charge >= 0.3 is 0 Å². The fraction of sp³-hybridized carbons (Fsp3) is 0.429. The molecule has 4 atom stereocenters. The quantitative estimate of drug-likeness (QED) is 0.821. The molecule has 0 saturated heterocycles. The Kier molecular flexibility index (Phi) is 3.87. The first-order valence-corrected chi connectivity index (χ1v) is 8.94. The molecule has 1 aliphatic carbocycles. The van der Waals surface area contributed by atoms with Crippen molar-refractivity contribution in [2.75, 3.05) is 0 Å². The largest absolute Gasteiger partial charge is 0.508 e. The van der Waals surface area contributed by atoms with Gasteiger partial charge in [0.2, 0.25) is 0 Å². The highest BCUT2D eigenvalue weighted by Gasteiger charge is 2.45. The zero-order valence-corrected chi connectivity index (χ0v) is 14.0. The third-order valence-corrected chi connectivity index (χ3v) is 5.66. The Morgan fingerprint density at radius 2 is 1.75 bits per heavy atom. The van der Waals surface area contributed by atoms with Gasteiger partial charge in [-0.05, 0) is 60.6 Å². The molecule has 0 bridgehead atoms. The van der Waals surface area contributed by atoms with Crippen molar-refractivity contribution < 1.29 is 14.9 Å². The fourth-order valence-corrected chi connectivity index (χ4v) is 4.65. The van der Waals surface area contributed by atoms with Crippen molar-refractivity contribution in [1.29, 1.82) is 0 Å². The molecule has 0 aromatic heterocycles. The molecule has 0 spiro atoms. The average Bonchev–Trinajstić information content (AvgIpc) is 2.99. The Bertz CT molecular complexity index is 722. The predicted molar refractivity (Wildman–Crippen MR) is 93.4 cm³/mol. The summed E-state index contributed by atoms with van der Waals surface area (Å²) in [6.07, 6.45) is 4.83. The molecule has 24 heavy (non-hydrogen) atoms. The van der Waals surface area contributed by atoms with Crippen molar-refractivity contribution in [1.82, 2.24) is 0 Å². The second-order valence-electron chi connectivity index (χ2n) is 7.25. The minimum atomic E-state index is 0.0227. The van der Waals surface area contributed by atoms with Gasteiger partial charge in [-0.15, -0.1) is 0 Å². The van der Waals surface area contributed by atoms with Gasteiger partial charge in [0.25, 0.3) is 0 Å². The van der Waals surface area contributed by atoms with Crippen molar-refractivity contribution in [2.24, 2.45) is 11.8 Å². The van der Waals surface area contributed by atoms with Crippen LogP contribution in [0.4, 0.5) is 0 Å². The maximum atomic E-state index is 9.91. The van der Waals surface area contributed by atoms with Crippen molar-refractivity contribution in [2.45, 2.75) is 44.6 Å². The van der Waals surface area contributed by atoms with Gasteiger partial charge in [-0.25, -0.2) is 0 Å². The molecule has 3 heteroatoms. The predicted octanol–water partition coefficient (Wildman–Crippen LogP) is 5.14. The molecule has 1 heterocycles. The summed E-state index contributed by atoms with van der Waals surface area (Å²) >= 11 is 0. The fourth-order valence-electron chi connectivity index (χ4n) is 4.65. The summed E-state index contributed by atoms with van der Waals surface area (Å²) in [5.74, 6) is 3.09. The molecule has 2 N–H and O–H groups in total. The molecule has 2 aromatic rings. The smallest absolute Gasteiger partial charge is 0.127 e. The van der Waals surface area contributed by atoms with Gasteiger partial charge < -0.3 is 14.9 Å². The van der Waals surface area contributed by atoms with Crippen LogP contribution in [-0.4, -0.2) is 10.2 Å². The summed E-state index contributed by atoms with van der Waals surface area (Å²) in [5.41, 5.74) is 2.28. The Balaban J connectivity index is 1.73. The number of hydrogen-bond acceptors (Lipinski definition) is 3. The summed E-state index contributed by atoms with van der Waals surface area (Å²) in [6.45, 7) is 2.25. The zero-order valence-electron chi connectivity index (χ0n) is 14.0. The highest BCUT2D eigenvalue weighted by molar-refractivity contribution is 5.46. The van der Waals surface area contributed by atoms with Crippen LogP contribution in [0.25, 0.3) is 0 Å². The van der Waals surface area contributed by atoms with E-state index in [1.165, 1.54) is 25.7 Å². The van der Waals surface area contributed by atoms with E-state index in [0.29, 0.717) is 17.6 Å². The zero-order chi connectivity index (χ0) is 16.7. The Morgan fingerprint density at radius 1 is 1.00 bits per heavy atom. The van der Waals surface area contributed by atoms with E-state index in [1.54, 1.807) is 18.2 Å². The van der Waals surface area contributed by atoms with Crippen LogP contribution in [0, 0.1) is 11.8 Å². The number of ether oxygens (including phenoxy) is 1. The lowest BCUT2D eigenvalue weighted by molar-refractivity contribution is 0.102. The molecule has 4 rings (SSSR count). The molecule has 4 unspecified atom stereocenters. The number of phenolic OH excluding ortho intramolecular Hbond substituents is 2. The molecule has 1 aliphatic heterocycles. The Morgan fingerprint density at radius 3 is 2.50 bits per heavy atom. The minimum Gasteiger partial charge on any atom is -0.508 e. The Hall–Kier alpha value is -2.16. The summed E-state index contributed by atoms with van der Waals surface area (Å²) < 4.78 is 6.36. The van der Waals surface area contributed by atoms with E-state index in [9.17, 15) is 10.2 Å². The molecular weight excluding hydrogens is 300 g/mol. The summed E-state index contributed by atoms with van der Waals surface area (Å²) in [7, 11) is 0. The molecule has 0 radical (unpaired) electrons. The van der Waals surface area contributed by atoms with Crippen LogP contribution in [0.15, 0.2) is 42.5 Å². The standard InChI is InChI=1S/C21H24O3/c1-2-3-13-10-17-18-12-16(23)8-9-20(18)24-21(19(17)11-13)14-4-6-15(22)7-5-14/h4-9,12-13,17,19,21-23H,2-3,10-11H2,1H3. The van der Waals surface area contributed by atoms with Gasteiger partial charge in [0.05, 0.1) is 0 Å². The van der Waals surface area contributed by atoms with Gasteiger partial charge in [-0.1, -0.05) is 31.9 Å². The third-order valence-electron chi connectivity index (χ3n) is 5.66. The minimum absolute atomic E-state index is 0.0227. The highest BCUT2D eigenvalue weighted by atomic mass is 16.5. The van der Waals surface area contributed by atoms with Gasteiger partial charge in [0.15, 0.2) is 0 Å². The van der Waals surface area contributed by atoms with Crippen LogP contribution in [0.5, 0.6) is 17.2 Å². The van der Waals surface area contributed by atoms with E-state index in [4.69, 9.17) is 4.74 Å². The van der Waals surface area contributed by atoms with E-state index in [0.717, 1.165) is 22.8 Å². The van der Waals surface area contributed by atoms with Crippen molar-refractivity contribution >= 4 is 0 Å².